The van der Waals surface area contributed by atoms with E-state index in [1.165, 1.54) is 10.4 Å². The molecular formula is C14H17N3OS2. The number of rotatable bonds is 3. The lowest BCUT2D eigenvalue weighted by Gasteiger charge is -2.17. The van der Waals surface area contributed by atoms with Crippen LogP contribution in [0.1, 0.15) is 30.2 Å². The molecule has 2 heterocycles. The summed E-state index contributed by atoms with van der Waals surface area (Å²) in [4.78, 5) is 19.7. The van der Waals surface area contributed by atoms with Crippen molar-refractivity contribution in [2.45, 2.75) is 39.2 Å². The van der Waals surface area contributed by atoms with E-state index in [1.807, 2.05) is 0 Å². The van der Waals surface area contributed by atoms with E-state index in [4.69, 9.17) is 18.0 Å². The normalized spacial score (nSPS) is 18.1. The number of aromatic nitrogens is 2. The largest absolute Gasteiger partial charge is 0.393 e. The zero-order chi connectivity index (χ0) is 14.3. The van der Waals surface area contributed by atoms with Crippen molar-refractivity contribution >= 4 is 38.8 Å². The summed E-state index contributed by atoms with van der Waals surface area (Å²) in [6.45, 7) is 2.78. The number of hydrogen-bond donors (Lipinski definition) is 1. The summed E-state index contributed by atoms with van der Waals surface area (Å²) in [5, 5.41) is 0.822. The summed E-state index contributed by atoms with van der Waals surface area (Å²) >= 11 is 6.55. The van der Waals surface area contributed by atoms with Crippen molar-refractivity contribution in [1.82, 2.24) is 9.55 Å². The van der Waals surface area contributed by atoms with E-state index < -0.39 is 0 Å². The van der Waals surface area contributed by atoms with E-state index in [0.29, 0.717) is 23.9 Å². The first-order valence-electron chi connectivity index (χ1n) is 6.84. The molecule has 6 heteroatoms. The number of nitrogens with two attached hydrogens (primary N) is 1. The molecule has 20 heavy (non-hydrogen) atoms. The number of thiophene rings is 1. The molecule has 0 saturated heterocycles. The van der Waals surface area contributed by atoms with Gasteiger partial charge in [0.05, 0.1) is 16.7 Å². The standard InChI is InChI=1S/C14H17N3OS2/c1-8-2-3-9-10(6-8)20-13-12(9)14(18)17(7-16-13)5-4-11(15)19/h7-8H,2-6H2,1H3,(H2,15,19). The Kier molecular flexibility index (Phi) is 3.60. The van der Waals surface area contributed by atoms with Crippen LogP contribution in [0, 0.1) is 5.92 Å². The van der Waals surface area contributed by atoms with Gasteiger partial charge in [0.25, 0.3) is 5.56 Å². The molecule has 0 aromatic carbocycles. The second-order valence-corrected chi connectivity index (χ2v) is 7.10. The lowest BCUT2D eigenvalue weighted by Crippen LogP contribution is -2.23. The summed E-state index contributed by atoms with van der Waals surface area (Å²) in [7, 11) is 0. The van der Waals surface area contributed by atoms with Crippen LogP contribution < -0.4 is 11.3 Å². The Morgan fingerprint density at radius 3 is 3.20 bits per heavy atom. The van der Waals surface area contributed by atoms with Crippen molar-refractivity contribution in [3.63, 3.8) is 0 Å². The van der Waals surface area contributed by atoms with Gasteiger partial charge in [0.2, 0.25) is 0 Å². The van der Waals surface area contributed by atoms with Crippen molar-refractivity contribution in [2.75, 3.05) is 0 Å². The lowest BCUT2D eigenvalue weighted by atomic mass is 9.89. The van der Waals surface area contributed by atoms with Gasteiger partial charge in [0, 0.05) is 17.8 Å². The van der Waals surface area contributed by atoms with Crippen molar-refractivity contribution in [1.29, 1.82) is 0 Å². The number of nitrogens with zero attached hydrogens (tertiary/aromatic N) is 2. The van der Waals surface area contributed by atoms with Gasteiger partial charge in [0.15, 0.2) is 0 Å². The Morgan fingerprint density at radius 2 is 2.45 bits per heavy atom. The molecule has 0 aliphatic heterocycles. The molecular weight excluding hydrogens is 290 g/mol. The van der Waals surface area contributed by atoms with Crippen LogP contribution in [-0.4, -0.2) is 14.5 Å². The first-order chi connectivity index (χ1) is 9.56. The van der Waals surface area contributed by atoms with Gasteiger partial charge < -0.3 is 5.73 Å². The van der Waals surface area contributed by atoms with Gasteiger partial charge >= 0.3 is 0 Å². The summed E-state index contributed by atoms with van der Waals surface area (Å²) in [6, 6.07) is 0. The third kappa shape index (κ3) is 2.38. The number of hydrogen-bond acceptors (Lipinski definition) is 4. The number of thiocarbonyl (C=S) groups is 1. The van der Waals surface area contributed by atoms with Gasteiger partial charge in [-0.1, -0.05) is 19.1 Å². The van der Waals surface area contributed by atoms with E-state index in [2.05, 4.69) is 11.9 Å². The predicted molar refractivity (Wildman–Crippen MR) is 86.5 cm³/mol. The summed E-state index contributed by atoms with van der Waals surface area (Å²) < 4.78 is 1.63. The minimum absolute atomic E-state index is 0.0540. The van der Waals surface area contributed by atoms with Gasteiger partial charge in [0.1, 0.15) is 4.83 Å². The van der Waals surface area contributed by atoms with Gasteiger partial charge in [-0.2, -0.15) is 0 Å². The average Bonchev–Trinajstić information content (AvgIpc) is 2.75. The lowest BCUT2D eigenvalue weighted by molar-refractivity contribution is 0.509. The molecule has 106 valence electrons. The van der Waals surface area contributed by atoms with Crippen LogP contribution in [0.25, 0.3) is 10.2 Å². The fourth-order valence-corrected chi connectivity index (χ4v) is 4.19. The molecule has 0 radical (unpaired) electrons. The van der Waals surface area contributed by atoms with E-state index >= 15 is 0 Å². The van der Waals surface area contributed by atoms with Crippen molar-refractivity contribution < 1.29 is 0 Å². The van der Waals surface area contributed by atoms with Crippen LogP contribution in [0.4, 0.5) is 0 Å². The Hall–Kier alpha value is -1.27. The smallest absolute Gasteiger partial charge is 0.262 e. The molecule has 0 bridgehead atoms. The van der Waals surface area contributed by atoms with E-state index in [1.54, 1.807) is 22.2 Å². The topological polar surface area (TPSA) is 60.9 Å². The molecule has 1 aliphatic carbocycles. The molecule has 2 aromatic rings. The monoisotopic (exact) mass is 307 g/mol. The van der Waals surface area contributed by atoms with Crippen molar-refractivity contribution in [3.05, 3.63) is 27.1 Å². The molecule has 1 atom stereocenters. The molecule has 0 fully saturated rings. The minimum atomic E-state index is 0.0540. The zero-order valence-electron chi connectivity index (χ0n) is 11.4. The highest BCUT2D eigenvalue weighted by atomic mass is 32.1. The number of aryl methyl sites for hydroxylation is 2. The summed E-state index contributed by atoms with van der Waals surface area (Å²) in [5.41, 5.74) is 6.79. The molecule has 2 N–H and O–H groups in total. The maximum Gasteiger partial charge on any atom is 0.262 e. The van der Waals surface area contributed by atoms with Crippen LogP contribution in [-0.2, 0) is 19.4 Å². The third-order valence-electron chi connectivity index (χ3n) is 3.88. The van der Waals surface area contributed by atoms with Gasteiger partial charge in [-0.3, -0.25) is 9.36 Å². The molecule has 2 aromatic heterocycles. The fraction of sp³-hybridized carbons (Fsp3) is 0.500. The maximum absolute atomic E-state index is 12.6. The maximum atomic E-state index is 12.6. The van der Waals surface area contributed by atoms with E-state index in [9.17, 15) is 4.79 Å². The second kappa shape index (κ2) is 5.26. The zero-order valence-corrected chi connectivity index (χ0v) is 13.0. The van der Waals surface area contributed by atoms with E-state index in [-0.39, 0.29) is 5.56 Å². The van der Waals surface area contributed by atoms with Gasteiger partial charge in [-0.05, 0) is 30.7 Å². The average molecular weight is 307 g/mol. The van der Waals surface area contributed by atoms with Crippen LogP contribution in [0.3, 0.4) is 0 Å². The Balaban J connectivity index is 2.08. The minimum Gasteiger partial charge on any atom is -0.393 e. The highest BCUT2D eigenvalue weighted by Crippen LogP contribution is 2.35. The van der Waals surface area contributed by atoms with Crippen LogP contribution >= 0.6 is 23.6 Å². The quantitative estimate of drug-likeness (QED) is 0.884. The first kappa shape index (κ1) is 13.7. The molecule has 0 saturated carbocycles. The molecule has 3 rings (SSSR count). The van der Waals surface area contributed by atoms with Crippen LogP contribution in [0.5, 0.6) is 0 Å². The highest BCUT2D eigenvalue weighted by Gasteiger charge is 2.23. The summed E-state index contributed by atoms with van der Waals surface area (Å²) in [6.07, 6.45) is 5.37. The van der Waals surface area contributed by atoms with Crippen molar-refractivity contribution in [3.8, 4) is 0 Å². The first-order valence-corrected chi connectivity index (χ1v) is 8.06. The van der Waals surface area contributed by atoms with Gasteiger partial charge in [-0.25, -0.2) is 4.98 Å². The number of fused-ring (bicyclic) bond motifs is 3. The molecule has 1 aliphatic rings. The third-order valence-corrected chi connectivity index (χ3v) is 5.25. The molecule has 1 unspecified atom stereocenters. The fourth-order valence-electron chi connectivity index (χ4n) is 2.76. The van der Waals surface area contributed by atoms with Crippen molar-refractivity contribution in [2.24, 2.45) is 11.7 Å². The predicted octanol–water partition coefficient (Wildman–Crippen LogP) is 2.26. The second-order valence-electron chi connectivity index (χ2n) is 5.49. The molecule has 0 spiro atoms. The highest BCUT2D eigenvalue weighted by molar-refractivity contribution is 7.80. The van der Waals surface area contributed by atoms with E-state index in [0.717, 1.165) is 29.5 Å². The molecule has 4 nitrogen and oxygen atoms in total. The SMILES string of the molecule is CC1CCc2c(sc3ncn(CCC(N)=S)c(=O)c23)C1. The Bertz CT molecular complexity index is 732. The van der Waals surface area contributed by atoms with Gasteiger partial charge in [-0.15, -0.1) is 11.3 Å². The van der Waals surface area contributed by atoms with Crippen LogP contribution in [0.2, 0.25) is 0 Å². The summed E-state index contributed by atoms with van der Waals surface area (Å²) in [5.74, 6) is 0.701. The van der Waals surface area contributed by atoms with Crippen LogP contribution in [0.15, 0.2) is 11.1 Å². The Labute approximate surface area is 126 Å². The molecule has 0 amide bonds. The Morgan fingerprint density at radius 1 is 1.65 bits per heavy atom.